The van der Waals surface area contributed by atoms with Crippen LogP contribution in [0.15, 0.2) is 72.0 Å². The van der Waals surface area contributed by atoms with Crippen LogP contribution in [0.3, 0.4) is 0 Å². The molecule has 3 rings (SSSR count). The highest BCUT2D eigenvalue weighted by atomic mass is 16.5. The number of aliphatic imine (C=N–C) groups is 1. The number of ether oxygens (including phenoxy) is 1. The number of guanidine groups is 1. The fourth-order valence-corrected chi connectivity index (χ4v) is 2.59. The first-order valence-electron chi connectivity index (χ1n) is 8.70. The number of nitrogens with one attached hydrogen (secondary N) is 2. The highest BCUT2D eigenvalue weighted by Gasteiger charge is 2.05. The molecule has 0 bridgehead atoms. The molecule has 8 heteroatoms. The van der Waals surface area contributed by atoms with Crippen molar-refractivity contribution < 1.29 is 9.53 Å². The zero-order valence-electron chi connectivity index (χ0n) is 15.5. The number of nitrogens with two attached hydrogens (primary N) is 1. The molecule has 3 aromatic rings. The first kappa shape index (κ1) is 19.0. The molecule has 1 aromatic heterocycles. The summed E-state index contributed by atoms with van der Waals surface area (Å²) < 4.78 is 6.84. The monoisotopic (exact) mass is 378 g/mol. The Morgan fingerprint density at radius 1 is 1.18 bits per heavy atom. The standard InChI is InChI=1S/C20H22N6O2/c1-28-18-9-3-2-8-17(18)25-20(21)22-13-15-6-4-7-16(12-15)24-19(27)14-26-11-5-10-23-26/h2-12H,13-14H2,1H3,(H,24,27)(H3,21,22,25). The third-order valence-electron chi connectivity index (χ3n) is 3.88. The van der Waals surface area contributed by atoms with Gasteiger partial charge in [0.25, 0.3) is 0 Å². The van der Waals surface area contributed by atoms with Crippen LogP contribution in [0.4, 0.5) is 11.4 Å². The minimum absolute atomic E-state index is 0.151. The van der Waals surface area contributed by atoms with Gasteiger partial charge in [-0.15, -0.1) is 0 Å². The van der Waals surface area contributed by atoms with Crippen LogP contribution in [0.1, 0.15) is 5.56 Å². The highest BCUT2D eigenvalue weighted by molar-refractivity contribution is 5.93. The minimum Gasteiger partial charge on any atom is -0.495 e. The van der Waals surface area contributed by atoms with Gasteiger partial charge in [-0.1, -0.05) is 24.3 Å². The molecule has 144 valence electrons. The quantitative estimate of drug-likeness (QED) is 0.432. The van der Waals surface area contributed by atoms with E-state index in [1.807, 2.05) is 48.5 Å². The zero-order valence-corrected chi connectivity index (χ0v) is 15.5. The predicted octanol–water partition coefficient (Wildman–Crippen LogP) is 2.46. The van der Waals surface area contributed by atoms with Gasteiger partial charge in [-0.2, -0.15) is 5.10 Å². The van der Waals surface area contributed by atoms with E-state index in [2.05, 4.69) is 20.7 Å². The second kappa shape index (κ2) is 9.22. The van der Waals surface area contributed by atoms with Gasteiger partial charge in [0.15, 0.2) is 5.96 Å². The summed E-state index contributed by atoms with van der Waals surface area (Å²) in [5.41, 5.74) is 8.33. The number of rotatable bonds is 7. The Hall–Kier alpha value is -3.81. The molecule has 1 amide bonds. The molecular formula is C20H22N6O2. The van der Waals surface area contributed by atoms with Gasteiger partial charge in [-0.05, 0) is 35.9 Å². The van der Waals surface area contributed by atoms with Crippen LogP contribution >= 0.6 is 0 Å². The van der Waals surface area contributed by atoms with E-state index < -0.39 is 0 Å². The van der Waals surface area contributed by atoms with E-state index in [1.165, 1.54) is 0 Å². The number of anilines is 2. The summed E-state index contributed by atoms with van der Waals surface area (Å²) in [5, 5.41) is 9.90. The SMILES string of the molecule is COc1ccccc1NC(N)=NCc1cccc(NC(=O)Cn2cccn2)c1. The van der Waals surface area contributed by atoms with E-state index in [4.69, 9.17) is 10.5 Å². The van der Waals surface area contributed by atoms with Crippen molar-refractivity contribution in [3.8, 4) is 5.75 Å². The predicted molar refractivity (Wildman–Crippen MR) is 109 cm³/mol. The summed E-state index contributed by atoms with van der Waals surface area (Å²) in [5.74, 6) is 0.807. The van der Waals surface area contributed by atoms with Gasteiger partial charge in [0.05, 0.1) is 19.3 Å². The summed E-state index contributed by atoms with van der Waals surface area (Å²) in [7, 11) is 1.60. The summed E-state index contributed by atoms with van der Waals surface area (Å²) in [6.45, 7) is 0.530. The molecule has 1 heterocycles. The van der Waals surface area contributed by atoms with Crippen LogP contribution in [-0.2, 0) is 17.9 Å². The number of para-hydroxylation sites is 2. The number of carbonyl (C=O) groups excluding carboxylic acids is 1. The molecule has 0 saturated heterocycles. The molecule has 0 radical (unpaired) electrons. The average molecular weight is 378 g/mol. The van der Waals surface area contributed by atoms with Gasteiger partial charge < -0.3 is 21.1 Å². The topological polar surface area (TPSA) is 107 Å². The minimum atomic E-state index is -0.151. The lowest BCUT2D eigenvalue weighted by Crippen LogP contribution is -2.23. The lowest BCUT2D eigenvalue weighted by atomic mass is 10.2. The van der Waals surface area contributed by atoms with Crippen molar-refractivity contribution in [3.05, 3.63) is 72.6 Å². The Kier molecular flexibility index (Phi) is 6.25. The van der Waals surface area contributed by atoms with Crippen LogP contribution in [0.25, 0.3) is 0 Å². The molecule has 0 aliphatic carbocycles. The number of nitrogens with zero attached hydrogens (tertiary/aromatic N) is 3. The highest BCUT2D eigenvalue weighted by Crippen LogP contribution is 2.22. The number of carbonyl (C=O) groups is 1. The summed E-state index contributed by atoms with van der Waals surface area (Å²) in [6, 6.07) is 16.7. The van der Waals surface area contributed by atoms with Crippen molar-refractivity contribution in [3.63, 3.8) is 0 Å². The molecule has 0 fully saturated rings. The van der Waals surface area contributed by atoms with Crippen molar-refractivity contribution >= 4 is 23.2 Å². The fraction of sp³-hybridized carbons (Fsp3) is 0.150. The number of benzene rings is 2. The Morgan fingerprint density at radius 2 is 2.04 bits per heavy atom. The van der Waals surface area contributed by atoms with Crippen molar-refractivity contribution in [1.29, 1.82) is 0 Å². The second-order valence-corrected chi connectivity index (χ2v) is 5.98. The Morgan fingerprint density at radius 3 is 2.82 bits per heavy atom. The molecule has 0 spiro atoms. The molecule has 0 atom stereocenters. The van der Waals surface area contributed by atoms with Gasteiger partial charge in [0, 0.05) is 18.1 Å². The van der Waals surface area contributed by atoms with Crippen molar-refractivity contribution in [2.75, 3.05) is 17.7 Å². The van der Waals surface area contributed by atoms with E-state index in [0.29, 0.717) is 18.0 Å². The molecule has 4 N–H and O–H groups in total. The van der Waals surface area contributed by atoms with E-state index in [9.17, 15) is 4.79 Å². The maximum atomic E-state index is 12.1. The number of methoxy groups -OCH3 is 1. The maximum absolute atomic E-state index is 12.1. The van der Waals surface area contributed by atoms with Crippen LogP contribution in [0.5, 0.6) is 5.75 Å². The molecule has 0 unspecified atom stereocenters. The van der Waals surface area contributed by atoms with Crippen LogP contribution in [0, 0.1) is 0 Å². The van der Waals surface area contributed by atoms with Crippen molar-refractivity contribution in [2.24, 2.45) is 10.7 Å². The molecule has 0 saturated carbocycles. The Balaban J connectivity index is 1.59. The van der Waals surface area contributed by atoms with Crippen LogP contribution < -0.4 is 21.1 Å². The summed E-state index contributed by atoms with van der Waals surface area (Å²) in [6.07, 6.45) is 3.37. The van der Waals surface area contributed by atoms with E-state index in [1.54, 1.807) is 30.3 Å². The fourth-order valence-electron chi connectivity index (χ4n) is 2.59. The van der Waals surface area contributed by atoms with Gasteiger partial charge in [-0.3, -0.25) is 9.48 Å². The van der Waals surface area contributed by atoms with E-state index >= 15 is 0 Å². The van der Waals surface area contributed by atoms with Gasteiger partial charge in [0.1, 0.15) is 12.3 Å². The molecule has 2 aromatic carbocycles. The number of amides is 1. The Labute approximate surface area is 163 Å². The molecule has 28 heavy (non-hydrogen) atoms. The zero-order chi connectivity index (χ0) is 19.8. The van der Waals surface area contributed by atoms with Gasteiger partial charge in [0.2, 0.25) is 5.91 Å². The van der Waals surface area contributed by atoms with Gasteiger partial charge >= 0.3 is 0 Å². The number of aromatic nitrogens is 2. The summed E-state index contributed by atoms with van der Waals surface area (Å²) in [4.78, 5) is 16.4. The average Bonchev–Trinajstić information content (AvgIpc) is 3.20. The Bertz CT molecular complexity index is 953. The molecular weight excluding hydrogens is 356 g/mol. The lowest BCUT2D eigenvalue weighted by Gasteiger charge is -2.10. The van der Waals surface area contributed by atoms with Crippen molar-refractivity contribution in [1.82, 2.24) is 9.78 Å². The summed E-state index contributed by atoms with van der Waals surface area (Å²) >= 11 is 0. The third-order valence-corrected chi connectivity index (χ3v) is 3.88. The van der Waals surface area contributed by atoms with Crippen molar-refractivity contribution in [2.45, 2.75) is 13.1 Å². The van der Waals surface area contributed by atoms with E-state index in [-0.39, 0.29) is 18.4 Å². The second-order valence-electron chi connectivity index (χ2n) is 5.98. The number of hydrogen-bond acceptors (Lipinski definition) is 4. The molecule has 8 nitrogen and oxygen atoms in total. The van der Waals surface area contributed by atoms with Gasteiger partial charge in [-0.25, -0.2) is 4.99 Å². The first-order valence-corrected chi connectivity index (χ1v) is 8.70. The largest absolute Gasteiger partial charge is 0.495 e. The smallest absolute Gasteiger partial charge is 0.246 e. The number of hydrogen-bond donors (Lipinski definition) is 3. The van der Waals surface area contributed by atoms with E-state index in [0.717, 1.165) is 11.3 Å². The molecule has 0 aliphatic rings. The van der Waals surface area contributed by atoms with Crippen LogP contribution in [0.2, 0.25) is 0 Å². The first-order chi connectivity index (χ1) is 13.6. The van der Waals surface area contributed by atoms with Crippen LogP contribution in [-0.4, -0.2) is 28.8 Å². The maximum Gasteiger partial charge on any atom is 0.246 e. The molecule has 0 aliphatic heterocycles. The normalized spacial score (nSPS) is 11.1. The third kappa shape index (κ3) is 5.34. The lowest BCUT2D eigenvalue weighted by molar-refractivity contribution is -0.116.